The third-order valence-electron chi connectivity index (χ3n) is 6.39. The van der Waals surface area contributed by atoms with Gasteiger partial charge in [0.2, 0.25) is 5.91 Å². The molecular weight excluding hydrogens is 609 g/mol. The Hall–Kier alpha value is -5.52. The number of benzene rings is 4. The van der Waals surface area contributed by atoms with Crippen LogP contribution in [0.15, 0.2) is 137 Å². The average Bonchev–Trinajstić information content (AvgIpc) is 3.58. The van der Waals surface area contributed by atoms with Crippen LogP contribution in [0.5, 0.6) is 0 Å². The highest BCUT2D eigenvalue weighted by Crippen LogP contribution is 2.37. The molecule has 5 rings (SSSR count). The summed E-state index contributed by atoms with van der Waals surface area (Å²) in [5.41, 5.74) is 2.07. The lowest BCUT2D eigenvalue weighted by atomic mass is 10.1. The molecule has 1 aromatic heterocycles. The van der Waals surface area contributed by atoms with E-state index in [9.17, 15) is 24.5 Å². The molecular formula is C34H26N4O5S2. The van der Waals surface area contributed by atoms with Crippen LogP contribution in [0.3, 0.4) is 0 Å². The molecule has 1 unspecified atom stereocenters. The van der Waals surface area contributed by atoms with Crippen LogP contribution >= 0.6 is 23.1 Å². The summed E-state index contributed by atoms with van der Waals surface area (Å²) >= 11 is 2.72. The van der Waals surface area contributed by atoms with Crippen molar-refractivity contribution in [1.82, 2.24) is 5.32 Å². The summed E-state index contributed by atoms with van der Waals surface area (Å²) in [6.07, 6.45) is 1.62. The number of thiophene rings is 1. The van der Waals surface area contributed by atoms with Crippen LogP contribution in [0, 0.1) is 10.1 Å². The first-order valence-electron chi connectivity index (χ1n) is 13.7. The van der Waals surface area contributed by atoms with E-state index in [0.29, 0.717) is 21.8 Å². The van der Waals surface area contributed by atoms with Gasteiger partial charge in [0.05, 0.1) is 4.92 Å². The fraction of sp³-hybridized carbons (Fsp3) is 0.0294. The van der Waals surface area contributed by atoms with Crippen molar-refractivity contribution in [3.8, 4) is 0 Å². The van der Waals surface area contributed by atoms with E-state index in [1.807, 2.05) is 53.9 Å². The number of nitro groups is 1. The molecule has 4 aromatic carbocycles. The number of rotatable bonds is 11. The molecule has 9 nitrogen and oxygen atoms in total. The van der Waals surface area contributed by atoms with Gasteiger partial charge in [-0.1, -0.05) is 60.7 Å². The number of nitrogens with zero attached hydrogens (tertiary/aromatic N) is 1. The highest BCUT2D eigenvalue weighted by molar-refractivity contribution is 8.00. The molecule has 0 aliphatic rings. The van der Waals surface area contributed by atoms with Gasteiger partial charge in [0.15, 0.2) is 0 Å². The number of hydrogen-bond donors (Lipinski definition) is 3. The monoisotopic (exact) mass is 634 g/mol. The van der Waals surface area contributed by atoms with Crippen LogP contribution in [-0.4, -0.2) is 22.6 Å². The summed E-state index contributed by atoms with van der Waals surface area (Å²) in [5, 5.41) is 20.6. The molecule has 0 aliphatic carbocycles. The van der Waals surface area contributed by atoms with Crippen LogP contribution in [0.25, 0.3) is 6.08 Å². The van der Waals surface area contributed by atoms with E-state index in [0.717, 1.165) is 10.4 Å². The molecule has 0 fully saturated rings. The number of thioether (sulfide) groups is 1. The number of nitro benzene ring substituents is 1. The van der Waals surface area contributed by atoms with E-state index in [4.69, 9.17) is 0 Å². The van der Waals surface area contributed by atoms with Crippen LogP contribution in [-0.2, 0) is 9.59 Å². The zero-order valence-corrected chi connectivity index (χ0v) is 25.2. The number of hydrogen-bond acceptors (Lipinski definition) is 7. The van der Waals surface area contributed by atoms with E-state index in [1.54, 1.807) is 54.6 Å². The van der Waals surface area contributed by atoms with Crippen LogP contribution in [0.4, 0.5) is 17.1 Å². The predicted octanol–water partition coefficient (Wildman–Crippen LogP) is 7.54. The molecule has 45 heavy (non-hydrogen) atoms. The number of amides is 3. The van der Waals surface area contributed by atoms with Crippen molar-refractivity contribution in [3.05, 3.63) is 159 Å². The number of carbonyl (C=O) groups is 3. The van der Waals surface area contributed by atoms with Crippen LogP contribution in [0.2, 0.25) is 0 Å². The van der Waals surface area contributed by atoms with Crippen LogP contribution in [0.1, 0.15) is 26.0 Å². The van der Waals surface area contributed by atoms with Gasteiger partial charge in [-0.3, -0.25) is 24.5 Å². The highest BCUT2D eigenvalue weighted by Gasteiger charge is 2.23. The maximum atomic E-state index is 13.5. The van der Waals surface area contributed by atoms with Gasteiger partial charge in [-0.05, 0) is 65.6 Å². The van der Waals surface area contributed by atoms with Crippen molar-refractivity contribution in [2.45, 2.75) is 10.1 Å². The summed E-state index contributed by atoms with van der Waals surface area (Å²) in [7, 11) is 0. The van der Waals surface area contributed by atoms with Crippen LogP contribution < -0.4 is 16.0 Å². The topological polar surface area (TPSA) is 130 Å². The molecule has 1 atom stereocenters. The van der Waals surface area contributed by atoms with Gasteiger partial charge in [-0.15, -0.1) is 23.1 Å². The first-order valence-corrected chi connectivity index (χ1v) is 15.4. The number of nitrogens with one attached hydrogen (secondary N) is 3. The van der Waals surface area contributed by atoms with E-state index in [1.165, 1.54) is 47.4 Å². The zero-order valence-electron chi connectivity index (χ0n) is 23.6. The summed E-state index contributed by atoms with van der Waals surface area (Å²) < 4.78 is 0. The third-order valence-corrected chi connectivity index (χ3v) is 8.46. The molecule has 224 valence electrons. The van der Waals surface area contributed by atoms with Gasteiger partial charge in [0, 0.05) is 38.8 Å². The smallest absolute Gasteiger partial charge is 0.272 e. The molecule has 0 aliphatic heterocycles. The second kappa shape index (κ2) is 14.8. The van der Waals surface area contributed by atoms with Crippen molar-refractivity contribution in [2.24, 2.45) is 0 Å². The SMILES string of the molecule is O=C(Nc1cccc(SC(C(=O)Nc2ccc([N+](=O)[O-])cc2)c2ccccc2)c1)/C(=C/c1cccs1)NC(=O)c1ccccc1. The van der Waals surface area contributed by atoms with Gasteiger partial charge in [-0.25, -0.2) is 0 Å². The minimum Gasteiger partial charge on any atom is -0.325 e. The Morgan fingerprint density at radius 1 is 0.778 bits per heavy atom. The lowest BCUT2D eigenvalue weighted by Crippen LogP contribution is -2.30. The third kappa shape index (κ3) is 8.53. The number of anilines is 2. The first kappa shape index (κ1) is 30.9. The summed E-state index contributed by atoms with van der Waals surface area (Å²) in [5.74, 6) is -1.24. The fourth-order valence-corrected chi connectivity index (χ4v) is 5.96. The lowest BCUT2D eigenvalue weighted by molar-refractivity contribution is -0.384. The molecule has 0 saturated carbocycles. The van der Waals surface area contributed by atoms with Crippen molar-refractivity contribution in [2.75, 3.05) is 10.6 Å². The highest BCUT2D eigenvalue weighted by atomic mass is 32.2. The maximum Gasteiger partial charge on any atom is 0.272 e. The molecule has 0 bridgehead atoms. The average molecular weight is 635 g/mol. The van der Waals surface area contributed by atoms with Crippen molar-refractivity contribution in [1.29, 1.82) is 0 Å². The van der Waals surface area contributed by atoms with Crippen molar-refractivity contribution < 1.29 is 19.3 Å². The second-order valence-electron chi connectivity index (χ2n) is 9.58. The van der Waals surface area contributed by atoms with E-state index in [2.05, 4.69) is 16.0 Å². The molecule has 5 aromatic rings. The van der Waals surface area contributed by atoms with Crippen molar-refractivity contribution >= 4 is 64.0 Å². The molecule has 3 N–H and O–H groups in total. The zero-order chi connectivity index (χ0) is 31.6. The van der Waals surface area contributed by atoms with Gasteiger partial charge >= 0.3 is 0 Å². The summed E-state index contributed by atoms with van der Waals surface area (Å²) in [6, 6.07) is 34.2. The van der Waals surface area contributed by atoms with Gasteiger partial charge < -0.3 is 16.0 Å². The quantitative estimate of drug-likeness (QED) is 0.0596. The molecule has 0 radical (unpaired) electrons. The van der Waals surface area contributed by atoms with Gasteiger partial charge in [0.1, 0.15) is 10.9 Å². The Kier molecular flexibility index (Phi) is 10.2. The molecule has 1 heterocycles. The fourth-order valence-electron chi connectivity index (χ4n) is 4.21. The lowest BCUT2D eigenvalue weighted by Gasteiger charge is -2.18. The standard InChI is InChI=1S/C34H26N4O5S2/c39-32(24-11-5-2-6-12-24)37-30(22-28-15-8-20-44-28)33(40)36-26-13-7-14-29(21-26)45-31(23-9-3-1-4-10-23)34(41)35-25-16-18-27(19-17-25)38(42)43/h1-22,31H,(H,35,41)(H,36,40)(H,37,39)/b30-22-. The first-order chi connectivity index (χ1) is 21.9. The Morgan fingerprint density at radius 2 is 1.49 bits per heavy atom. The minimum absolute atomic E-state index is 0.0751. The van der Waals surface area contributed by atoms with Crippen molar-refractivity contribution in [3.63, 3.8) is 0 Å². The van der Waals surface area contributed by atoms with Gasteiger partial charge in [-0.2, -0.15) is 0 Å². The largest absolute Gasteiger partial charge is 0.325 e. The second-order valence-corrected chi connectivity index (χ2v) is 11.7. The minimum atomic E-state index is -0.674. The molecule has 0 spiro atoms. The number of non-ortho nitro benzene ring substituents is 1. The molecule has 0 saturated heterocycles. The Morgan fingerprint density at radius 3 is 2.16 bits per heavy atom. The van der Waals surface area contributed by atoms with E-state index >= 15 is 0 Å². The molecule has 3 amide bonds. The normalized spacial score (nSPS) is 11.7. The Balaban J connectivity index is 1.34. The Labute approximate surface area is 267 Å². The van der Waals surface area contributed by atoms with Gasteiger partial charge in [0.25, 0.3) is 17.5 Å². The Bertz CT molecular complexity index is 1830. The maximum absolute atomic E-state index is 13.5. The summed E-state index contributed by atoms with van der Waals surface area (Å²) in [4.78, 5) is 51.8. The van der Waals surface area contributed by atoms with E-state index < -0.39 is 22.0 Å². The molecule has 11 heteroatoms. The van der Waals surface area contributed by atoms with E-state index in [-0.39, 0.29) is 17.3 Å². The summed E-state index contributed by atoms with van der Waals surface area (Å²) in [6.45, 7) is 0. The number of carbonyl (C=O) groups excluding carboxylic acids is 3. The predicted molar refractivity (Wildman–Crippen MR) is 178 cm³/mol.